The molecule has 14 N–H and O–H groups in total. The van der Waals surface area contributed by atoms with E-state index in [2.05, 4.69) is 112 Å². The lowest BCUT2D eigenvalue weighted by atomic mass is 10.0. The molecule has 15 heterocycles. The highest BCUT2D eigenvalue weighted by atomic mass is 35.5. The zero-order valence-corrected chi connectivity index (χ0v) is 79.1. The molecule has 20 rings (SSSR count). The zero-order chi connectivity index (χ0) is 100.0. The molecule has 736 valence electrons. The zero-order valence-electron chi connectivity index (χ0n) is 75.2. The number of halogens is 10. The molecular formula is C94H87Cl4F6N31O7S. The summed E-state index contributed by atoms with van der Waals surface area (Å²) in [5.74, 6) is -5.53. The smallest absolute Gasteiger partial charge is 0.267 e. The van der Waals surface area contributed by atoms with Crippen LogP contribution in [-0.2, 0) is 29.1 Å². The van der Waals surface area contributed by atoms with Crippen molar-refractivity contribution in [1.82, 2.24) is 144 Å². The summed E-state index contributed by atoms with van der Waals surface area (Å²) in [6.07, 6.45) is 34.7. The summed E-state index contributed by atoms with van der Waals surface area (Å²) >= 11 is 26.1. The number of hydrogen-bond donors (Lipinski definition) is 12. The Balaban J connectivity index is 0.000000128. The molecular weight excluding hydrogens is 1960 g/mol. The van der Waals surface area contributed by atoms with E-state index in [1.165, 1.54) is 64.4 Å². The molecule has 0 radical (unpaired) electrons. The number of carbonyl (C=O) groups excluding carboxylic acids is 5. The molecule has 143 heavy (non-hydrogen) atoms. The van der Waals surface area contributed by atoms with Crippen LogP contribution in [0.25, 0.3) is 89.9 Å². The Kier molecular flexibility index (Phi) is 33.0. The summed E-state index contributed by atoms with van der Waals surface area (Å²) in [5.41, 5.74) is 18.6. The van der Waals surface area contributed by atoms with E-state index >= 15 is 0 Å². The third-order valence-corrected chi connectivity index (χ3v) is 24.8. The standard InChI is InChI=1S/2C19H18Cl2N8O.C19H17F2N7O.C19H17F2N3O2S.C18H17F2N5O2/c2*20-13-3-1-4-15(16(13)21)29-17(26-27-19(29)22)12-9-14(25-10-12)18(30)24-5-2-7-28-8-6-23-11-28;20-15-4-1-3-14(17(15)21)18-26-25-12-28(18)13-9-16(24-10-13)19(29)23-5-2-7-27-8-6-22-11-27;20-15-5-1-4-13(17(15)21)14-10-24-27-18(14)11-7-16(22-8-11)19(25)23-9-12-3-2-6-26-12;19-14-5-1-4-13(16(14)20)17-24-23-10-25(17)11-7-15(21-8-11)18(26)22-9-12-3-2-6-27-12/h2*1,3-4,6,8-11,25H,2,5,7H2,(H2,22,27)(H,24,30);1,3-4,6,8-12,24H,2,5,7H2,(H,23,29);1,4-5,7-8,10,12,22H,2-3,6,9H2,(H,23,25);1,4-5,7-8,10,12,21H,2-3,6,9H2,(H,22,26)/t;;;2*12-/m...00/s1. The maximum atomic E-state index is 14.2. The van der Waals surface area contributed by atoms with Gasteiger partial charge in [-0.15, -0.1) is 40.8 Å². The van der Waals surface area contributed by atoms with Crippen LogP contribution in [-0.4, -0.2) is 205 Å². The molecule has 2 saturated heterocycles. The lowest BCUT2D eigenvalue weighted by Gasteiger charge is -2.10. The van der Waals surface area contributed by atoms with Gasteiger partial charge in [-0.2, -0.15) is 4.37 Å². The number of aryl methyl sites for hydroxylation is 3. The van der Waals surface area contributed by atoms with Crippen molar-refractivity contribution in [2.75, 3.05) is 57.4 Å². The number of imidazole rings is 3. The second-order valence-electron chi connectivity index (χ2n) is 31.9. The van der Waals surface area contributed by atoms with Crippen LogP contribution in [0.1, 0.15) is 97.4 Å². The fraction of sp³-hybridized carbons (Fsp3) is 0.202. The SMILES string of the molecule is Nc1nnc(-c2c[nH]c(C(=O)NCCCn3ccnc3)c2)n1-c1cccc(Cl)c1Cl.Nc1nnc(-c2c[nH]c(C(=O)NCCCn3ccnc3)c2)n1-c1cccc(Cl)c1Cl.O=C(NCCCn1ccnc1)c1cc(-n2cnnc2-c2cccc(F)c2F)c[nH]1.O=C(NC[C@@H]1CCCO1)c1cc(-c2sncc2-c2cccc(F)c2F)c[nH]1.O=C(NC[C@@H]1CCCO1)c1cc(-n2cnnc2-c2cccc(F)c2F)c[nH]1. The van der Waals surface area contributed by atoms with Gasteiger partial charge in [0.2, 0.25) is 11.9 Å². The normalized spacial score (nSPS) is 13.1. The molecule has 0 spiro atoms. The quantitative estimate of drug-likeness (QED) is 0.0142. The van der Waals surface area contributed by atoms with Gasteiger partial charge in [0.05, 0.1) is 90.0 Å². The molecule has 38 nitrogen and oxygen atoms in total. The van der Waals surface area contributed by atoms with E-state index in [1.807, 2.05) is 32.3 Å². The van der Waals surface area contributed by atoms with Gasteiger partial charge in [-0.05, 0) is 141 Å². The molecule has 2 aliphatic heterocycles. The number of amides is 5. The lowest BCUT2D eigenvalue weighted by molar-refractivity contribution is 0.0851. The first-order valence-corrected chi connectivity index (χ1v) is 46.6. The Morgan fingerprint density at radius 2 is 0.790 bits per heavy atom. The number of carbonyl (C=O) groups is 5. The molecule has 2 aliphatic rings. The number of hydrogen-bond acceptors (Lipinski definition) is 22. The van der Waals surface area contributed by atoms with E-state index in [9.17, 15) is 50.3 Å². The lowest BCUT2D eigenvalue weighted by Crippen LogP contribution is -2.31. The highest BCUT2D eigenvalue weighted by Crippen LogP contribution is 2.40. The minimum Gasteiger partial charge on any atom is -0.376 e. The maximum Gasteiger partial charge on any atom is 0.267 e. The van der Waals surface area contributed by atoms with Crippen LogP contribution in [0.3, 0.4) is 0 Å². The number of aromatic amines is 5. The first-order chi connectivity index (χ1) is 69.5. The highest BCUT2D eigenvalue weighted by Gasteiger charge is 2.28. The summed E-state index contributed by atoms with van der Waals surface area (Å²) in [6.45, 7) is 6.24. The molecule has 0 aliphatic carbocycles. The van der Waals surface area contributed by atoms with Crippen molar-refractivity contribution in [3.63, 3.8) is 0 Å². The van der Waals surface area contributed by atoms with Gasteiger partial charge in [-0.1, -0.05) is 82.8 Å². The van der Waals surface area contributed by atoms with Gasteiger partial charge < -0.3 is 86.1 Å². The average Bonchev–Trinajstić information content (AvgIpc) is 1.63. The van der Waals surface area contributed by atoms with Gasteiger partial charge >= 0.3 is 0 Å². The van der Waals surface area contributed by atoms with Crippen LogP contribution >= 0.6 is 57.9 Å². The molecule has 0 unspecified atom stereocenters. The van der Waals surface area contributed by atoms with Crippen LogP contribution in [0.4, 0.5) is 38.2 Å². The van der Waals surface area contributed by atoms with Crippen molar-refractivity contribution in [3.8, 4) is 89.9 Å². The summed E-state index contributed by atoms with van der Waals surface area (Å²) in [7, 11) is 0. The van der Waals surface area contributed by atoms with Gasteiger partial charge in [-0.25, -0.2) is 41.3 Å². The fourth-order valence-corrected chi connectivity index (χ4v) is 16.6. The number of benzene rings is 5. The molecule has 0 saturated carbocycles. The van der Waals surface area contributed by atoms with Crippen molar-refractivity contribution in [2.24, 2.45) is 0 Å². The number of rotatable bonds is 31. The molecule has 2 atom stereocenters. The third-order valence-electron chi connectivity index (χ3n) is 22.3. The molecule has 49 heteroatoms. The van der Waals surface area contributed by atoms with Crippen molar-refractivity contribution in [1.29, 1.82) is 0 Å². The van der Waals surface area contributed by atoms with E-state index in [0.717, 1.165) is 108 Å². The number of H-pyrrole nitrogens is 5. The number of nitrogens with two attached hydrogens (primary N) is 2. The molecule has 0 bridgehead atoms. The Bertz CT molecular complexity index is 7040. The highest BCUT2D eigenvalue weighted by molar-refractivity contribution is 7.10. The topological polar surface area (TPSA) is 484 Å². The van der Waals surface area contributed by atoms with Gasteiger partial charge in [0.15, 0.2) is 58.2 Å². The van der Waals surface area contributed by atoms with Gasteiger partial charge in [-0.3, -0.25) is 42.2 Å². The minimum atomic E-state index is -1.01. The fourth-order valence-electron chi connectivity index (χ4n) is 15.1. The largest absolute Gasteiger partial charge is 0.376 e. The summed E-state index contributed by atoms with van der Waals surface area (Å²) in [4.78, 5) is 89.0. The maximum absolute atomic E-state index is 14.2. The number of ether oxygens (including phenoxy) is 2. The van der Waals surface area contributed by atoms with Crippen LogP contribution < -0.4 is 38.1 Å². The first-order valence-electron chi connectivity index (χ1n) is 44.3. The van der Waals surface area contributed by atoms with Crippen molar-refractivity contribution >= 4 is 99.4 Å². The number of nitrogens with one attached hydrogen (secondary N) is 10. The molecule has 18 aromatic rings. The number of nitrogen functional groups attached to an aromatic ring is 2. The minimum absolute atomic E-state index is 0.0157. The summed E-state index contributed by atoms with van der Waals surface area (Å²) in [5, 5.41) is 47.2. The number of aromatic nitrogens is 24. The second kappa shape index (κ2) is 47.3. The Hall–Kier alpha value is -16.1. The second-order valence-corrected chi connectivity index (χ2v) is 34.2. The van der Waals surface area contributed by atoms with E-state index in [-0.39, 0.29) is 82.0 Å². The molecule has 13 aromatic heterocycles. The van der Waals surface area contributed by atoms with Crippen molar-refractivity contribution in [2.45, 2.75) is 76.8 Å². The average molecular weight is 2050 g/mol. The Labute approximate surface area is 832 Å². The first kappa shape index (κ1) is 99.9. The van der Waals surface area contributed by atoms with Crippen LogP contribution in [0.2, 0.25) is 20.1 Å². The van der Waals surface area contributed by atoms with E-state index < -0.39 is 34.9 Å². The van der Waals surface area contributed by atoms with Crippen LogP contribution in [0, 0.1) is 34.9 Å². The summed E-state index contributed by atoms with van der Waals surface area (Å²) < 4.78 is 110. The summed E-state index contributed by atoms with van der Waals surface area (Å²) in [6, 6.07) is 30.4. The number of nitrogens with zero attached hydrogens (tertiary/aromatic N) is 19. The predicted molar refractivity (Wildman–Crippen MR) is 521 cm³/mol. The number of anilines is 2. The predicted octanol–water partition coefficient (Wildman–Crippen LogP) is 15.3. The van der Waals surface area contributed by atoms with Gasteiger partial charge in [0.25, 0.3) is 29.5 Å². The Morgan fingerprint density at radius 3 is 1.19 bits per heavy atom. The van der Waals surface area contributed by atoms with E-state index in [1.54, 1.807) is 144 Å². The molecule has 5 aromatic carbocycles. The van der Waals surface area contributed by atoms with E-state index in [0.29, 0.717) is 143 Å². The van der Waals surface area contributed by atoms with Crippen molar-refractivity contribution in [3.05, 3.63) is 311 Å². The monoisotopic (exact) mass is 2050 g/mol. The van der Waals surface area contributed by atoms with Crippen LogP contribution in [0.5, 0.6) is 0 Å². The Morgan fingerprint density at radius 1 is 0.420 bits per heavy atom. The molecule has 5 amide bonds. The van der Waals surface area contributed by atoms with Gasteiger partial charge in [0, 0.05) is 168 Å². The van der Waals surface area contributed by atoms with E-state index in [4.69, 9.17) is 67.3 Å². The van der Waals surface area contributed by atoms with Gasteiger partial charge in [0.1, 0.15) is 41.1 Å². The molecule has 2 fully saturated rings. The van der Waals surface area contributed by atoms with Crippen LogP contribution in [0.15, 0.2) is 227 Å². The van der Waals surface area contributed by atoms with Crippen molar-refractivity contribution < 1.29 is 59.8 Å². The third kappa shape index (κ3) is 24.5.